The van der Waals surface area contributed by atoms with E-state index in [1.54, 1.807) is 17.4 Å². The van der Waals surface area contributed by atoms with Gasteiger partial charge in [-0.25, -0.2) is 0 Å². The van der Waals surface area contributed by atoms with Gasteiger partial charge >= 0.3 is 6.18 Å². The zero-order chi connectivity index (χ0) is 16.9. The zero-order valence-electron chi connectivity index (χ0n) is 11.8. The fourth-order valence-electron chi connectivity index (χ4n) is 1.83. The Balaban J connectivity index is 2.05. The second-order valence-electron chi connectivity index (χ2n) is 4.65. The Kier molecular flexibility index (Phi) is 5.38. The molecule has 0 saturated carbocycles. The van der Waals surface area contributed by atoms with Gasteiger partial charge in [0, 0.05) is 4.88 Å². The van der Waals surface area contributed by atoms with E-state index >= 15 is 0 Å². The SMILES string of the molecule is O=C(Cc1cccs1)Nc1ccccc1C(=O)NCC(F)(F)F. The van der Waals surface area contributed by atoms with Crippen molar-refractivity contribution in [3.05, 3.63) is 52.2 Å². The summed E-state index contributed by atoms with van der Waals surface area (Å²) in [5.41, 5.74) is 0.157. The molecule has 0 spiro atoms. The van der Waals surface area contributed by atoms with E-state index < -0.39 is 18.6 Å². The molecule has 0 aliphatic heterocycles. The topological polar surface area (TPSA) is 58.2 Å². The van der Waals surface area contributed by atoms with Crippen molar-refractivity contribution in [2.75, 3.05) is 11.9 Å². The second-order valence-corrected chi connectivity index (χ2v) is 5.68. The Morgan fingerprint density at radius 3 is 2.48 bits per heavy atom. The Labute approximate surface area is 134 Å². The fraction of sp³-hybridized carbons (Fsp3) is 0.200. The van der Waals surface area contributed by atoms with Gasteiger partial charge in [-0.3, -0.25) is 9.59 Å². The average Bonchev–Trinajstić information content (AvgIpc) is 2.97. The highest BCUT2D eigenvalue weighted by molar-refractivity contribution is 7.10. The monoisotopic (exact) mass is 342 g/mol. The second kappa shape index (κ2) is 7.28. The maximum Gasteiger partial charge on any atom is 0.405 e. The molecule has 122 valence electrons. The summed E-state index contributed by atoms with van der Waals surface area (Å²) < 4.78 is 36.5. The van der Waals surface area contributed by atoms with Crippen LogP contribution in [0.2, 0.25) is 0 Å². The van der Waals surface area contributed by atoms with E-state index in [1.165, 1.54) is 29.5 Å². The lowest BCUT2D eigenvalue weighted by molar-refractivity contribution is -0.123. The average molecular weight is 342 g/mol. The van der Waals surface area contributed by atoms with Crippen LogP contribution in [0.25, 0.3) is 0 Å². The minimum atomic E-state index is -4.49. The van der Waals surface area contributed by atoms with E-state index in [-0.39, 0.29) is 23.6 Å². The molecule has 0 unspecified atom stereocenters. The summed E-state index contributed by atoms with van der Waals surface area (Å²) in [5, 5.41) is 6.17. The molecule has 2 aromatic rings. The molecule has 0 bridgehead atoms. The first-order valence-corrected chi connectivity index (χ1v) is 7.49. The lowest BCUT2D eigenvalue weighted by Gasteiger charge is -2.12. The summed E-state index contributed by atoms with van der Waals surface area (Å²) in [5.74, 6) is -1.24. The van der Waals surface area contributed by atoms with Gasteiger partial charge in [-0.15, -0.1) is 11.3 Å². The highest BCUT2D eigenvalue weighted by Crippen LogP contribution is 2.18. The van der Waals surface area contributed by atoms with E-state index in [0.717, 1.165) is 4.88 Å². The van der Waals surface area contributed by atoms with Crippen molar-refractivity contribution in [1.29, 1.82) is 0 Å². The number of halogens is 3. The van der Waals surface area contributed by atoms with Gasteiger partial charge in [0.15, 0.2) is 0 Å². The molecule has 4 nitrogen and oxygen atoms in total. The number of carbonyl (C=O) groups is 2. The maximum atomic E-state index is 12.2. The molecule has 1 aromatic heterocycles. The van der Waals surface area contributed by atoms with Crippen LogP contribution in [-0.2, 0) is 11.2 Å². The minimum absolute atomic E-state index is 0.0173. The lowest BCUT2D eigenvalue weighted by atomic mass is 10.1. The molecule has 0 aliphatic carbocycles. The van der Waals surface area contributed by atoms with E-state index in [1.807, 2.05) is 11.4 Å². The minimum Gasteiger partial charge on any atom is -0.343 e. The number of alkyl halides is 3. The van der Waals surface area contributed by atoms with Crippen LogP contribution in [0, 0.1) is 0 Å². The Morgan fingerprint density at radius 2 is 1.83 bits per heavy atom. The van der Waals surface area contributed by atoms with Crippen LogP contribution in [0.15, 0.2) is 41.8 Å². The summed E-state index contributed by atoms with van der Waals surface area (Å²) >= 11 is 1.42. The predicted octanol–water partition coefficient (Wildman–Crippen LogP) is 3.22. The third kappa shape index (κ3) is 5.41. The van der Waals surface area contributed by atoms with E-state index in [0.29, 0.717) is 0 Å². The van der Waals surface area contributed by atoms with Crippen LogP contribution in [0.1, 0.15) is 15.2 Å². The molecule has 0 radical (unpaired) electrons. The lowest BCUT2D eigenvalue weighted by Crippen LogP contribution is -2.34. The first-order chi connectivity index (χ1) is 10.8. The van der Waals surface area contributed by atoms with Crippen LogP contribution in [0.5, 0.6) is 0 Å². The van der Waals surface area contributed by atoms with Crippen molar-refractivity contribution in [2.24, 2.45) is 0 Å². The van der Waals surface area contributed by atoms with Crippen molar-refractivity contribution in [3.8, 4) is 0 Å². The number of amides is 2. The summed E-state index contributed by atoms with van der Waals surface area (Å²) in [6, 6.07) is 9.53. The first kappa shape index (κ1) is 17.0. The Hall–Kier alpha value is -2.35. The van der Waals surface area contributed by atoms with Crippen LogP contribution in [0.3, 0.4) is 0 Å². The number of rotatable bonds is 5. The summed E-state index contributed by atoms with van der Waals surface area (Å²) in [7, 11) is 0. The van der Waals surface area contributed by atoms with Crippen LogP contribution in [-0.4, -0.2) is 24.5 Å². The number of hydrogen-bond acceptors (Lipinski definition) is 3. The van der Waals surface area contributed by atoms with Crippen molar-refractivity contribution >= 4 is 28.8 Å². The number of para-hydroxylation sites is 1. The van der Waals surface area contributed by atoms with Crippen LogP contribution < -0.4 is 10.6 Å². The van der Waals surface area contributed by atoms with Gasteiger partial charge in [0.2, 0.25) is 5.91 Å². The van der Waals surface area contributed by atoms with Crippen LogP contribution in [0.4, 0.5) is 18.9 Å². The summed E-state index contributed by atoms with van der Waals surface area (Å²) in [6.45, 7) is -1.43. The maximum absolute atomic E-state index is 12.2. The number of hydrogen-bond donors (Lipinski definition) is 2. The Bertz CT molecular complexity index is 684. The fourth-order valence-corrected chi connectivity index (χ4v) is 2.54. The molecule has 23 heavy (non-hydrogen) atoms. The third-order valence-electron chi connectivity index (χ3n) is 2.81. The highest BCUT2D eigenvalue weighted by Gasteiger charge is 2.28. The number of carbonyl (C=O) groups excluding carboxylic acids is 2. The molecule has 2 N–H and O–H groups in total. The zero-order valence-corrected chi connectivity index (χ0v) is 12.6. The van der Waals surface area contributed by atoms with Crippen molar-refractivity contribution < 1.29 is 22.8 Å². The van der Waals surface area contributed by atoms with Crippen molar-refractivity contribution in [3.63, 3.8) is 0 Å². The van der Waals surface area contributed by atoms with Gasteiger partial charge in [-0.2, -0.15) is 13.2 Å². The molecule has 0 aliphatic rings. The molecule has 2 amide bonds. The standard InChI is InChI=1S/C15H13F3N2O2S/c16-15(17,18)9-19-14(22)11-5-1-2-6-12(11)20-13(21)8-10-4-3-7-23-10/h1-7H,8-9H2,(H,19,22)(H,20,21). The van der Waals surface area contributed by atoms with Crippen molar-refractivity contribution in [1.82, 2.24) is 5.32 Å². The van der Waals surface area contributed by atoms with Crippen molar-refractivity contribution in [2.45, 2.75) is 12.6 Å². The molecule has 8 heteroatoms. The molecule has 2 rings (SSSR count). The van der Waals surface area contributed by atoms with Gasteiger partial charge < -0.3 is 10.6 Å². The Morgan fingerprint density at radius 1 is 1.09 bits per heavy atom. The van der Waals surface area contributed by atoms with Gasteiger partial charge in [0.25, 0.3) is 5.91 Å². The third-order valence-corrected chi connectivity index (χ3v) is 3.69. The van der Waals surface area contributed by atoms with Gasteiger partial charge in [-0.1, -0.05) is 18.2 Å². The number of thiophene rings is 1. The quantitative estimate of drug-likeness (QED) is 0.876. The predicted molar refractivity (Wildman–Crippen MR) is 81.5 cm³/mol. The van der Waals surface area contributed by atoms with E-state index in [4.69, 9.17) is 0 Å². The molecule has 0 saturated heterocycles. The van der Waals surface area contributed by atoms with Gasteiger partial charge in [0.1, 0.15) is 6.54 Å². The van der Waals surface area contributed by atoms with E-state index in [2.05, 4.69) is 5.32 Å². The number of benzene rings is 1. The normalized spacial score (nSPS) is 11.1. The summed E-state index contributed by atoms with van der Waals surface area (Å²) in [6.07, 6.45) is -4.36. The number of anilines is 1. The van der Waals surface area contributed by atoms with Gasteiger partial charge in [0.05, 0.1) is 17.7 Å². The molecule has 0 fully saturated rings. The molecular formula is C15H13F3N2O2S. The summed E-state index contributed by atoms with van der Waals surface area (Å²) in [4.78, 5) is 24.7. The largest absolute Gasteiger partial charge is 0.405 e. The number of nitrogens with one attached hydrogen (secondary N) is 2. The first-order valence-electron chi connectivity index (χ1n) is 6.61. The molecule has 1 heterocycles. The molecule has 0 atom stereocenters. The molecular weight excluding hydrogens is 329 g/mol. The van der Waals surface area contributed by atoms with Gasteiger partial charge in [-0.05, 0) is 23.6 Å². The van der Waals surface area contributed by atoms with E-state index in [9.17, 15) is 22.8 Å². The smallest absolute Gasteiger partial charge is 0.343 e. The molecule has 1 aromatic carbocycles. The van der Waals surface area contributed by atoms with Crippen LogP contribution >= 0.6 is 11.3 Å². The highest BCUT2D eigenvalue weighted by atomic mass is 32.1.